The Balaban J connectivity index is 1.61. The van der Waals surface area contributed by atoms with Gasteiger partial charge in [-0.05, 0) is 50.5 Å². The summed E-state index contributed by atoms with van der Waals surface area (Å²) in [6.07, 6.45) is 3.35. The Bertz CT molecular complexity index is 672. The average molecular weight is 338 g/mol. The number of aromatic amines is 1. The Kier molecular flexibility index (Phi) is 5.36. The summed E-state index contributed by atoms with van der Waals surface area (Å²) in [6, 6.07) is 6.06. The Labute approximate surface area is 140 Å². The van der Waals surface area contributed by atoms with E-state index in [2.05, 4.69) is 20.7 Å². The maximum atomic E-state index is 12.3. The number of hydrogen-bond acceptors (Lipinski definition) is 3. The second-order valence-corrected chi connectivity index (χ2v) is 6.55. The summed E-state index contributed by atoms with van der Waals surface area (Å²) in [7, 11) is 0. The molecule has 2 heterocycles. The number of rotatable bonds is 7. The third-order valence-corrected chi connectivity index (χ3v) is 4.33. The minimum absolute atomic E-state index is 0.140. The highest BCUT2D eigenvalue weighted by molar-refractivity contribution is 5.84. The van der Waals surface area contributed by atoms with Gasteiger partial charge in [0.05, 0.1) is 12.2 Å². The van der Waals surface area contributed by atoms with Gasteiger partial charge >= 0.3 is 6.61 Å². The van der Waals surface area contributed by atoms with Crippen molar-refractivity contribution in [3.05, 3.63) is 30.0 Å². The lowest BCUT2D eigenvalue weighted by Gasteiger charge is -2.16. The molecule has 1 aliphatic rings. The Morgan fingerprint density at radius 2 is 2.17 bits per heavy atom. The third-order valence-electron chi connectivity index (χ3n) is 4.33. The van der Waals surface area contributed by atoms with Gasteiger partial charge in [0.15, 0.2) is 0 Å². The zero-order chi connectivity index (χ0) is 17.1. The fourth-order valence-corrected chi connectivity index (χ4v) is 3.25. The summed E-state index contributed by atoms with van der Waals surface area (Å²) in [6.45, 7) is 3.56. The van der Waals surface area contributed by atoms with Crippen LogP contribution in [0.5, 0.6) is 5.75 Å². The lowest BCUT2D eigenvalue weighted by molar-refractivity contribution is -0.158. The van der Waals surface area contributed by atoms with E-state index in [1.165, 1.54) is 5.56 Å². The van der Waals surface area contributed by atoms with Crippen molar-refractivity contribution in [1.29, 1.82) is 0 Å². The number of H-pyrrole nitrogens is 1. The molecule has 1 aromatic heterocycles. The van der Waals surface area contributed by atoms with Gasteiger partial charge in [0, 0.05) is 36.7 Å². The molecule has 0 aliphatic carbocycles. The number of halogens is 2. The quantitative estimate of drug-likeness (QED) is 0.834. The number of hydrogen-bond donors (Lipinski definition) is 1. The molecule has 0 saturated carbocycles. The smallest absolute Gasteiger partial charge is 0.345 e. The van der Waals surface area contributed by atoms with Crippen LogP contribution in [-0.4, -0.2) is 48.3 Å². The van der Waals surface area contributed by atoms with Gasteiger partial charge < -0.3 is 19.4 Å². The van der Waals surface area contributed by atoms with Gasteiger partial charge in [-0.15, -0.1) is 0 Å². The molecule has 0 radical (unpaired) electrons. The van der Waals surface area contributed by atoms with Crippen molar-refractivity contribution < 1.29 is 18.3 Å². The van der Waals surface area contributed by atoms with Gasteiger partial charge in [-0.1, -0.05) is 0 Å². The largest absolute Gasteiger partial charge is 0.491 e. The maximum Gasteiger partial charge on any atom is 0.345 e. The first-order chi connectivity index (χ1) is 11.5. The molecular formula is C18H24F2N2O2. The average Bonchev–Trinajstić information content (AvgIpc) is 3.10. The molecule has 1 aliphatic heterocycles. The van der Waals surface area contributed by atoms with E-state index in [9.17, 15) is 8.78 Å². The highest BCUT2D eigenvalue weighted by Gasteiger charge is 2.25. The van der Waals surface area contributed by atoms with Gasteiger partial charge in [0.1, 0.15) is 5.75 Å². The molecule has 1 aromatic carbocycles. The van der Waals surface area contributed by atoms with Gasteiger partial charge in [0.25, 0.3) is 0 Å². The van der Waals surface area contributed by atoms with Crippen molar-refractivity contribution in [1.82, 2.24) is 9.88 Å². The van der Waals surface area contributed by atoms with Crippen LogP contribution < -0.4 is 4.74 Å². The van der Waals surface area contributed by atoms with Gasteiger partial charge in [0.2, 0.25) is 0 Å². The second kappa shape index (κ2) is 7.49. The molecule has 2 aromatic rings. The van der Waals surface area contributed by atoms with E-state index in [0.29, 0.717) is 13.0 Å². The van der Waals surface area contributed by atoms with Crippen molar-refractivity contribution in [2.24, 2.45) is 0 Å². The number of likely N-dealkylation sites (tertiary alicyclic amines) is 1. The normalized spacial score (nSPS) is 19.0. The summed E-state index contributed by atoms with van der Waals surface area (Å²) in [5, 5.41) is 1.16. The molecule has 1 fully saturated rings. The van der Waals surface area contributed by atoms with Crippen LogP contribution in [0.15, 0.2) is 24.4 Å². The minimum Gasteiger partial charge on any atom is -0.491 e. The number of nitrogens with one attached hydrogen (secondary N) is 1. The summed E-state index contributed by atoms with van der Waals surface area (Å²) in [5.41, 5.74) is 2.30. The zero-order valence-corrected chi connectivity index (χ0v) is 14.1. The summed E-state index contributed by atoms with van der Waals surface area (Å²) >= 11 is 0. The van der Waals surface area contributed by atoms with Crippen molar-refractivity contribution in [2.45, 2.75) is 45.5 Å². The Hall–Kier alpha value is -1.66. The second-order valence-electron chi connectivity index (χ2n) is 6.55. The van der Waals surface area contributed by atoms with E-state index in [1.807, 2.05) is 32.2 Å². The molecule has 1 atom stereocenters. The van der Waals surface area contributed by atoms with Crippen LogP contribution in [0.4, 0.5) is 8.78 Å². The maximum absolute atomic E-state index is 12.3. The number of ether oxygens (including phenoxy) is 2. The lowest BCUT2D eigenvalue weighted by atomic mass is 10.1. The molecular weight excluding hydrogens is 314 g/mol. The van der Waals surface area contributed by atoms with Crippen LogP contribution in [-0.2, 0) is 11.2 Å². The van der Waals surface area contributed by atoms with Crippen LogP contribution in [0.1, 0.15) is 25.8 Å². The minimum atomic E-state index is -2.68. The highest BCUT2D eigenvalue weighted by atomic mass is 19.3. The zero-order valence-electron chi connectivity index (χ0n) is 14.1. The van der Waals surface area contributed by atoms with E-state index in [4.69, 9.17) is 4.74 Å². The van der Waals surface area contributed by atoms with E-state index in [0.717, 1.165) is 36.2 Å². The number of fused-ring (bicyclic) bond motifs is 1. The Morgan fingerprint density at radius 3 is 2.92 bits per heavy atom. The first-order valence-corrected chi connectivity index (χ1v) is 8.44. The molecule has 24 heavy (non-hydrogen) atoms. The molecule has 1 N–H and O–H groups in total. The molecule has 6 heteroatoms. The van der Waals surface area contributed by atoms with E-state index < -0.39 is 6.61 Å². The fraction of sp³-hybridized carbons (Fsp3) is 0.556. The molecule has 3 rings (SSSR count). The Morgan fingerprint density at radius 1 is 1.33 bits per heavy atom. The van der Waals surface area contributed by atoms with Crippen molar-refractivity contribution in [3.8, 4) is 5.75 Å². The van der Waals surface area contributed by atoms with E-state index >= 15 is 0 Å². The van der Waals surface area contributed by atoms with Crippen LogP contribution in [0.25, 0.3) is 10.9 Å². The number of aromatic nitrogens is 1. The lowest BCUT2D eigenvalue weighted by Crippen LogP contribution is -2.26. The van der Waals surface area contributed by atoms with Gasteiger partial charge in [-0.25, -0.2) is 0 Å². The molecule has 0 spiro atoms. The molecule has 0 unspecified atom stereocenters. The van der Waals surface area contributed by atoms with Crippen LogP contribution in [0.3, 0.4) is 0 Å². The number of benzene rings is 1. The summed E-state index contributed by atoms with van der Waals surface area (Å²) < 4.78 is 34.9. The third kappa shape index (κ3) is 4.24. The molecule has 132 valence electrons. The van der Waals surface area contributed by atoms with Crippen LogP contribution in [0, 0.1) is 0 Å². The fourth-order valence-electron chi connectivity index (χ4n) is 3.25. The van der Waals surface area contributed by atoms with Crippen molar-refractivity contribution in [3.63, 3.8) is 0 Å². The van der Waals surface area contributed by atoms with Crippen molar-refractivity contribution >= 4 is 10.9 Å². The predicted octanol–water partition coefficient (Wildman–Crippen LogP) is 3.81. The van der Waals surface area contributed by atoms with E-state index in [-0.39, 0.29) is 12.2 Å². The highest BCUT2D eigenvalue weighted by Crippen LogP contribution is 2.25. The first-order valence-electron chi connectivity index (χ1n) is 8.44. The van der Waals surface area contributed by atoms with E-state index in [1.54, 1.807) is 0 Å². The van der Waals surface area contributed by atoms with Crippen LogP contribution >= 0.6 is 0 Å². The topological polar surface area (TPSA) is 37.5 Å². The SMILES string of the molecule is CC(C)Oc1ccc2[nH]cc(CCN3CC[C@H](OC(F)F)C3)c2c1. The molecule has 1 saturated heterocycles. The molecule has 0 amide bonds. The monoisotopic (exact) mass is 338 g/mol. The summed E-state index contributed by atoms with van der Waals surface area (Å²) in [4.78, 5) is 5.46. The molecule has 4 nitrogen and oxygen atoms in total. The van der Waals surface area contributed by atoms with Gasteiger partial charge in [-0.3, -0.25) is 0 Å². The summed E-state index contributed by atoms with van der Waals surface area (Å²) in [5.74, 6) is 0.866. The number of nitrogens with zero attached hydrogens (tertiary/aromatic N) is 1. The molecule has 0 bridgehead atoms. The predicted molar refractivity (Wildman–Crippen MR) is 89.7 cm³/mol. The first kappa shape index (κ1) is 17.2. The van der Waals surface area contributed by atoms with Crippen molar-refractivity contribution in [2.75, 3.05) is 19.6 Å². The van der Waals surface area contributed by atoms with Crippen LogP contribution in [0.2, 0.25) is 0 Å². The standard InChI is InChI=1S/C18H24F2N2O2/c1-12(2)23-14-3-4-17-16(9-14)13(10-21-17)5-7-22-8-6-15(11-22)24-18(19)20/h3-4,9-10,12,15,18,21H,5-8,11H2,1-2H3/t15-/m0/s1. The van der Waals surface area contributed by atoms with Gasteiger partial charge in [-0.2, -0.15) is 8.78 Å². The number of alkyl halides is 2.